The van der Waals surface area contributed by atoms with Crippen molar-refractivity contribution in [3.8, 4) is 0 Å². The highest BCUT2D eigenvalue weighted by atomic mass is 14.9. The Bertz CT molecular complexity index is 505. The van der Waals surface area contributed by atoms with E-state index < -0.39 is 0 Å². The Kier molecular flexibility index (Phi) is 4.05. The minimum absolute atomic E-state index is 0.320. The van der Waals surface area contributed by atoms with E-state index in [4.69, 9.17) is 0 Å². The molecule has 0 bridgehead atoms. The van der Waals surface area contributed by atoms with Gasteiger partial charge in [0.2, 0.25) is 0 Å². The first-order valence-corrected chi connectivity index (χ1v) is 6.23. The Balaban J connectivity index is 1.96. The van der Waals surface area contributed by atoms with Crippen molar-refractivity contribution in [2.45, 2.75) is 33.4 Å². The van der Waals surface area contributed by atoms with E-state index in [9.17, 15) is 0 Å². The van der Waals surface area contributed by atoms with Crippen LogP contribution in [0, 0.1) is 13.8 Å². The topological polar surface area (TPSA) is 37.8 Å². The number of aryl methyl sites for hydroxylation is 2. The summed E-state index contributed by atoms with van der Waals surface area (Å²) >= 11 is 0. The first kappa shape index (κ1) is 12.7. The fourth-order valence-electron chi connectivity index (χ4n) is 1.83. The molecule has 0 aliphatic carbocycles. The number of hydrogen-bond donors (Lipinski definition) is 1. The van der Waals surface area contributed by atoms with Crippen molar-refractivity contribution in [2.75, 3.05) is 0 Å². The standard InChI is InChI=1S/C15H19N3/c1-11-4-6-14(7-5-11)12(2)17-10-15-8-9-16-13(3)18-15/h4-9,12,17H,10H2,1-3H3. The van der Waals surface area contributed by atoms with Crippen LogP contribution in [-0.2, 0) is 6.54 Å². The molecule has 0 amide bonds. The van der Waals surface area contributed by atoms with Gasteiger partial charge in [-0.05, 0) is 32.4 Å². The molecule has 0 spiro atoms. The predicted octanol–water partition coefficient (Wildman–Crippen LogP) is 2.94. The first-order chi connectivity index (χ1) is 8.65. The molecule has 1 unspecified atom stereocenters. The van der Waals surface area contributed by atoms with Gasteiger partial charge in [0.25, 0.3) is 0 Å². The molecule has 0 aliphatic rings. The second-order valence-corrected chi connectivity index (χ2v) is 4.61. The molecule has 1 aromatic heterocycles. The van der Waals surface area contributed by atoms with Crippen LogP contribution in [0.4, 0.5) is 0 Å². The molecule has 94 valence electrons. The van der Waals surface area contributed by atoms with Crippen molar-refractivity contribution in [2.24, 2.45) is 0 Å². The number of nitrogens with one attached hydrogen (secondary N) is 1. The number of nitrogens with zero attached hydrogens (tertiary/aromatic N) is 2. The van der Waals surface area contributed by atoms with Crippen LogP contribution in [0.1, 0.15) is 35.6 Å². The van der Waals surface area contributed by atoms with Crippen molar-refractivity contribution < 1.29 is 0 Å². The van der Waals surface area contributed by atoms with E-state index in [1.54, 1.807) is 6.20 Å². The van der Waals surface area contributed by atoms with Crippen molar-refractivity contribution in [1.82, 2.24) is 15.3 Å². The summed E-state index contributed by atoms with van der Waals surface area (Å²) in [5, 5.41) is 3.47. The SMILES string of the molecule is Cc1ccc(C(C)NCc2ccnc(C)n2)cc1. The summed E-state index contributed by atoms with van der Waals surface area (Å²) in [6.45, 7) is 6.94. The number of hydrogen-bond acceptors (Lipinski definition) is 3. The fourth-order valence-corrected chi connectivity index (χ4v) is 1.83. The molecular formula is C15H19N3. The summed E-state index contributed by atoms with van der Waals surface area (Å²) < 4.78 is 0. The van der Waals surface area contributed by atoms with E-state index in [1.165, 1.54) is 11.1 Å². The summed E-state index contributed by atoms with van der Waals surface area (Å²) in [6.07, 6.45) is 1.80. The van der Waals surface area contributed by atoms with Gasteiger partial charge in [-0.15, -0.1) is 0 Å². The van der Waals surface area contributed by atoms with Gasteiger partial charge in [-0.2, -0.15) is 0 Å². The molecule has 0 fully saturated rings. The van der Waals surface area contributed by atoms with Crippen LogP contribution in [0.5, 0.6) is 0 Å². The van der Waals surface area contributed by atoms with Gasteiger partial charge in [0, 0.05) is 18.8 Å². The summed E-state index contributed by atoms with van der Waals surface area (Å²) in [7, 11) is 0. The van der Waals surface area contributed by atoms with Crippen LogP contribution < -0.4 is 5.32 Å². The van der Waals surface area contributed by atoms with E-state index in [0.717, 1.165) is 18.1 Å². The van der Waals surface area contributed by atoms with E-state index in [0.29, 0.717) is 6.04 Å². The zero-order valence-electron chi connectivity index (χ0n) is 11.1. The highest BCUT2D eigenvalue weighted by Gasteiger charge is 2.04. The van der Waals surface area contributed by atoms with Crippen molar-refractivity contribution in [3.05, 3.63) is 59.2 Å². The van der Waals surface area contributed by atoms with Gasteiger partial charge >= 0.3 is 0 Å². The number of rotatable bonds is 4. The average Bonchev–Trinajstić information content (AvgIpc) is 2.37. The Hall–Kier alpha value is -1.74. The molecular weight excluding hydrogens is 222 g/mol. The fraction of sp³-hybridized carbons (Fsp3) is 0.333. The average molecular weight is 241 g/mol. The lowest BCUT2D eigenvalue weighted by Crippen LogP contribution is -2.19. The molecule has 1 aromatic carbocycles. The molecule has 1 N–H and O–H groups in total. The lowest BCUT2D eigenvalue weighted by atomic mass is 10.1. The van der Waals surface area contributed by atoms with Crippen molar-refractivity contribution >= 4 is 0 Å². The molecule has 3 heteroatoms. The summed E-state index contributed by atoms with van der Waals surface area (Å²) in [6, 6.07) is 10.9. The van der Waals surface area contributed by atoms with Gasteiger partial charge in [0.1, 0.15) is 5.82 Å². The van der Waals surface area contributed by atoms with Gasteiger partial charge in [-0.3, -0.25) is 0 Å². The minimum Gasteiger partial charge on any atom is -0.305 e. The Morgan fingerprint density at radius 2 is 1.83 bits per heavy atom. The van der Waals surface area contributed by atoms with Gasteiger partial charge < -0.3 is 5.32 Å². The van der Waals surface area contributed by atoms with Gasteiger partial charge in [0.15, 0.2) is 0 Å². The quantitative estimate of drug-likeness (QED) is 0.894. The summed E-state index contributed by atoms with van der Waals surface area (Å²) in [4.78, 5) is 8.48. The van der Waals surface area contributed by atoms with E-state index in [-0.39, 0.29) is 0 Å². The normalized spacial score (nSPS) is 12.4. The van der Waals surface area contributed by atoms with Gasteiger partial charge in [-0.1, -0.05) is 29.8 Å². The second kappa shape index (κ2) is 5.74. The third kappa shape index (κ3) is 3.37. The lowest BCUT2D eigenvalue weighted by Gasteiger charge is -2.14. The Morgan fingerprint density at radius 3 is 2.50 bits per heavy atom. The summed E-state index contributed by atoms with van der Waals surface area (Å²) in [5.41, 5.74) is 3.62. The van der Waals surface area contributed by atoms with Crippen LogP contribution in [0.15, 0.2) is 36.5 Å². The highest BCUT2D eigenvalue weighted by Crippen LogP contribution is 2.13. The van der Waals surface area contributed by atoms with Crippen LogP contribution in [0.3, 0.4) is 0 Å². The Morgan fingerprint density at radius 1 is 1.11 bits per heavy atom. The molecule has 1 atom stereocenters. The smallest absolute Gasteiger partial charge is 0.125 e. The highest BCUT2D eigenvalue weighted by molar-refractivity contribution is 5.23. The molecule has 2 rings (SSSR count). The molecule has 0 saturated carbocycles. The number of aromatic nitrogens is 2. The maximum atomic E-state index is 4.38. The molecule has 0 radical (unpaired) electrons. The molecule has 2 aromatic rings. The maximum Gasteiger partial charge on any atom is 0.125 e. The van der Waals surface area contributed by atoms with E-state index in [1.807, 2.05) is 13.0 Å². The van der Waals surface area contributed by atoms with E-state index >= 15 is 0 Å². The first-order valence-electron chi connectivity index (χ1n) is 6.23. The minimum atomic E-state index is 0.320. The zero-order chi connectivity index (χ0) is 13.0. The molecule has 18 heavy (non-hydrogen) atoms. The van der Waals surface area contributed by atoms with Crippen LogP contribution >= 0.6 is 0 Å². The maximum absolute atomic E-state index is 4.38. The van der Waals surface area contributed by atoms with Crippen molar-refractivity contribution in [1.29, 1.82) is 0 Å². The van der Waals surface area contributed by atoms with Crippen molar-refractivity contribution in [3.63, 3.8) is 0 Å². The molecule has 0 saturated heterocycles. The third-order valence-corrected chi connectivity index (χ3v) is 3.00. The van der Waals surface area contributed by atoms with Gasteiger partial charge in [-0.25, -0.2) is 9.97 Å². The zero-order valence-corrected chi connectivity index (χ0v) is 11.1. The molecule has 0 aliphatic heterocycles. The lowest BCUT2D eigenvalue weighted by molar-refractivity contribution is 0.566. The van der Waals surface area contributed by atoms with Crippen LogP contribution in [-0.4, -0.2) is 9.97 Å². The molecule has 3 nitrogen and oxygen atoms in total. The number of benzene rings is 1. The largest absolute Gasteiger partial charge is 0.305 e. The second-order valence-electron chi connectivity index (χ2n) is 4.61. The van der Waals surface area contributed by atoms with Gasteiger partial charge in [0.05, 0.1) is 5.69 Å². The Labute approximate surface area is 108 Å². The van der Waals surface area contributed by atoms with Crippen LogP contribution in [0.25, 0.3) is 0 Å². The van der Waals surface area contributed by atoms with Crippen LogP contribution in [0.2, 0.25) is 0 Å². The molecule has 1 heterocycles. The third-order valence-electron chi connectivity index (χ3n) is 3.00. The summed E-state index contributed by atoms with van der Waals surface area (Å²) in [5.74, 6) is 0.817. The van der Waals surface area contributed by atoms with E-state index in [2.05, 4.69) is 53.4 Å². The predicted molar refractivity (Wildman–Crippen MR) is 73.2 cm³/mol. The monoisotopic (exact) mass is 241 g/mol.